The zero-order valence-electron chi connectivity index (χ0n) is 8.07. The van der Waals surface area contributed by atoms with E-state index >= 15 is 0 Å². The van der Waals surface area contributed by atoms with E-state index in [-0.39, 0.29) is 22.4 Å². The molecule has 1 heterocycles. The van der Waals surface area contributed by atoms with Gasteiger partial charge in [0.15, 0.2) is 0 Å². The topological polar surface area (TPSA) is 72.5 Å². The number of carboxylic acid groups (broad SMARTS) is 1. The molecular weight excluding hydrogens is 233 g/mol. The highest BCUT2D eigenvalue weighted by Crippen LogP contribution is 2.33. The summed E-state index contributed by atoms with van der Waals surface area (Å²) in [7, 11) is 0. The molecular formula is C10H8FNO3S. The number of thiophene rings is 1. The van der Waals surface area contributed by atoms with Crippen LogP contribution in [-0.4, -0.2) is 11.1 Å². The Labute approximate surface area is 94.0 Å². The third kappa shape index (κ3) is 1.67. The van der Waals surface area contributed by atoms with E-state index in [0.717, 1.165) is 11.3 Å². The lowest BCUT2D eigenvalue weighted by Crippen LogP contribution is -2.04. The number of fused-ring (bicyclic) bond motifs is 1. The number of rotatable bonds is 3. The van der Waals surface area contributed by atoms with Crippen molar-refractivity contribution in [3.05, 3.63) is 34.5 Å². The summed E-state index contributed by atoms with van der Waals surface area (Å²) in [5, 5.41) is 9.25. The van der Waals surface area contributed by atoms with Gasteiger partial charge in [0.05, 0.1) is 6.61 Å². The highest BCUT2D eigenvalue weighted by Gasteiger charge is 2.19. The van der Waals surface area contributed by atoms with Gasteiger partial charge < -0.3 is 5.11 Å². The second-order valence-corrected chi connectivity index (χ2v) is 4.19. The third-order valence-corrected chi connectivity index (χ3v) is 3.37. The summed E-state index contributed by atoms with van der Waals surface area (Å²) in [6.45, 7) is -0.122. The number of hydrogen-bond acceptors (Lipinski definition) is 4. The van der Waals surface area contributed by atoms with Crippen molar-refractivity contribution in [2.24, 2.45) is 5.90 Å². The predicted octanol–water partition coefficient (Wildman–Crippen LogP) is 2.13. The molecule has 16 heavy (non-hydrogen) atoms. The van der Waals surface area contributed by atoms with Crippen LogP contribution in [0.1, 0.15) is 15.2 Å². The Hall–Kier alpha value is -1.50. The van der Waals surface area contributed by atoms with Crippen LogP contribution in [-0.2, 0) is 11.4 Å². The predicted molar refractivity (Wildman–Crippen MR) is 57.7 cm³/mol. The molecule has 0 aliphatic heterocycles. The standard InChI is InChI=1S/C10H8FNO3S/c11-6-2-1-3-7-8(6)5(4-15-12)9(16-7)10(13)14/h1-3H,4,12H2,(H,13,14). The maximum absolute atomic E-state index is 13.6. The molecule has 0 aliphatic rings. The molecule has 0 saturated heterocycles. The highest BCUT2D eigenvalue weighted by molar-refractivity contribution is 7.21. The van der Waals surface area contributed by atoms with Crippen LogP contribution < -0.4 is 5.90 Å². The van der Waals surface area contributed by atoms with Crippen LogP contribution in [0.4, 0.5) is 4.39 Å². The van der Waals surface area contributed by atoms with E-state index in [4.69, 9.17) is 11.0 Å². The van der Waals surface area contributed by atoms with Crippen molar-refractivity contribution < 1.29 is 19.1 Å². The molecule has 4 nitrogen and oxygen atoms in total. The first-order valence-corrected chi connectivity index (χ1v) is 5.21. The molecule has 0 spiro atoms. The Morgan fingerprint density at radius 3 is 2.94 bits per heavy atom. The minimum absolute atomic E-state index is 0.0607. The number of nitrogens with two attached hydrogens (primary N) is 1. The molecule has 0 radical (unpaired) electrons. The molecule has 0 atom stereocenters. The molecule has 3 N–H and O–H groups in total. The van der Waals surface area contributed by atoms with Crippen LogP contribution in [0.2, 0.25) is 0 Å². The van der Waals surface area contributed by atoms with E-state index in [1.165, 1.54) is 12.1 Å². The number of halogens is 1. The molecule has 0 saturated carbocycles. The minimum Gasteiger partial charge on any atom is -0.477 e. The quantitative estimate of drug-likeness (QED) is 0.807. The molecule has 2 rings (SSSR count). The van der Waals surface area contributed by atoms with Crippen molar-refractivity contribution in [3.8, 4) is 0 Å². The molecule has 84 valence electrons. The van der Waals surface area contributed by atoms with Crippen LogP contribution in [0.5, 0.6) is 0 Å². The van der Waals surface area contributed by atoms with E-state index in [9.17, 15) is 9.18 Å². The van der Waals surface area contributed by atoms with Gasteiger partial charge in [-0.25, -0.2) is 15.1 Å². The summed E-state index contributed by atoms with van der Waals surface area (Å²) < 4.78 is 14.1. The van der Waals surface area contributed by atoms with Gasteiger partial charge in [0, 0.05) is 15.6 Å². The fourth-order valence-corrected chi connectivity index (χ4v) is 2.62. The number of carboxylic acids is 1. The zero-order valence-corrected chi connectivity index (χ0v) is 8.88. The van der Waals surface area contributed by atoms with Crippen LogP contribution in [0, 0.1) is 5.82 Å². The Kier molecular flexibility index (Phi) is 2.86. The van der Waals surface area contributed by atoms with Crippen molar-refractivity contribution in [3.63, 3.8) is 0 Å². The van der Waals surface area contributed by atoms with Gasteiger partial charge in [-0.1, -0.05) is 6.07 Å². The van der Waals surface area contributed by atoms with Crippen LogP contribution >= 0.6 is 11.3 Å². The lowest BCUT2D eigenvalue weighted by molar-refractivity contribution is 0.0694. The lowest BCUT2D eigenvalue weighted by atomic mass is 10.1. The summed E-state index contributed by atoms with van der Waals surface area (Å²) in [5.74, 6) is 3.35. The first-order chi connectivity index (χ1) is 7.65. The van der Waals surface area contributed by atoms with Crippen molar-refractivity contribution in [2.75, 3.05) is 0 Å². The fourth-order valence-electron chi connectivity index (χ4n) is 1.56. The minimum atomic E-state index is -1.10. The number of aromatic carboxylic acids is 1. The summed E-state index contributed by atoms with van der Waals surface area (Å²) >= 11 is 1.01. The molecule has 0 aliphatic carbocycles. The van der Waals surface area contributed by atoms with Gasteiger partial charge in [0.2, 0.25) is 0 Å². The largest absolute Gasteiger partial charge is 0.477 e. The second kappa shape index (κ2) is 4.17. The van der Waals surface area contributed by atoms with Gasteiger partial charge in [-0.15, -0.1) is 11.3 Å². The average molecular weight is 241 g/mol. The Bertz CT molecular complexity index is 552. The summed E-state index contributed by atoms with van der Waals surface area (Å²) in [4.78, 5) is 15.4. The van der Waals surface area contributed by atoms with Crippen molar-refractivity contribution in [1.82, 2.24) is 0 Å². The number of benzene rings is 1. The molecule has 0 fully saturated rings. The first-order valence-electron chi connectivity index (χ1n) is 4.40. The Balaban J connectivity index is 2.77. The highest BCUT2D eigenvalue weighted by atomic mass is 32.1. The van der Waals surface area contributed by atoms with Crippen LogP contribution in [0.3, 0.4) is 0 Å². The van der Waals surface area contributed by atoms with Crippen molar-refractivity contribution in [2.45, 2.75) is 6.61 Å². The fraction of sp³-hybridized carbons (Fsp3) is 0.100. The number of carbonyl (C=O) groups is 1. The van der Waals surface area contributed by atoms with Gasteiger partial charge in [-0.05, 0) is 12.1 Å². The van der Waals surface area contributed by atoms with E-state index in [1.807, 2.05) is 0 Å². The van der Waals surface area contributed by atoms with E-state index in [2.05, 4.69) is 4.84 Å². The lowest BCUT2D eigenvalue weighted by Gasteiger charge is -1.99. The van der Waals surface area contributed by atoms with E-state index < -0.39 is 11.8 Å². The van der Waals surface area contributed by atoms with Crippen LogP contribution in [0.25, 0.3) is 10.1 Å². The first kappa shape index (κ1) is 11.0. The zero-order chi connectivity index (χ0) is 11.7. The molecule has 0 amide bonds. The van der Waals surface area contributed by atoms with Crippen LogP contribution in [0.15, 0.2) is 18.2 Å². The van der Waals surface area contributed by atoms with Crippen molar-refractivity contribution in [1.29, 1.82) is 0 Å². The van der Waals surface area contributed by atoms with Gasteiger partial charge in [0.1, 0.15) is 10.7 Å². The summed E-state index contributed by atoms with van der Waals surface area (Å²) in [6.07, 6.45) is 0. The normalized spacial score (nSPS) is 10.9. The third-order valence-electron chi connectivity index (χ3n) is 2.19. The van der Waals surface area contributed by atoms with Crippen molar-refractivity contribution >= 4 is 27.4 Å². The molecule has 0 unspecified atom stereocenters. The monoisotopic (exact) mass is 241 g/mol. The average Bonchev–Trinajstić information content (AvgIpc) is 2.59. The molecule has 1 aromatic heterocycles. The molecule has 0 bridgehead atoms. The molecule has 2 aromatic rings. The molecule has 6 heteroatoms. The summed E-state index contributed by atoms with van der Waals surface area (Å²) in [5.41, 5.74) is 0.285. The Morgan fingerprint density at radius 2 is 2.31 bits per heavy atom. The maximum Gasteiger partial charge on any atom is 0.346 e. The molecule has 1 aromatic carbocycles. The smallest absolute Gasteiger partial charge is 0.346 e. The van der Waals surface area contributed by atoms with E-state index in [1.54, 1.807) is 6.07 Å². The second-order valence-electron chi connectivity index (χ2n) is 3.14. The Morgan fingerprint density at radius 1 is 1.56 bits per heavy atom. The van der Waals surface area contributed by atoms with Gasteiger partial charge >= 0.3 is 5.97 Å². The summed E-state index contributed by atoms with van der Waals surface area (Å²) in [6, 6.07) is 4.48. The SMILES string of the molecule is NOCc1c(C(=O)O)sc2cccc(F)c12. The number of hydrogen-bond donors (Lipinski definition) is 2. The maximum atomic E-state index is 13.6. The van der Waals surface area contributed by atoms with Gasteiger partial charge in [0.25, 0.3) is 0 Å². The van der Waals surface area contributed by atoms with Gasteiger partial charge in [-0.2, -0.15) is 0 Å². The van der Waals surface area contributed by atoms with Gasteiger partial charge in [-0.3, -0.25) is 4.84 Å². The van der Waals surface area contributed by atoms with E-state index in [0.29, 0.717) is 4.70 Å².